The van der Waals surface area contributed by atoms with Gasteiger partial charge in [-0.3, -0.25) is 4.79 Å². The van der Waals surface area contributed by atoms with Gasteiger partial charge < -0.3 is 10.1 Å². The number of carbonyl (C=O) groups excluding carboxylic acids is 1. The van der Waals surface area contributed by atoms with Crippen molar-refractivity contribution >= 4 is 11.6 Å². The lowest BCUT2D eigenvalue weighted by Crippen LogP contribution is -2.16. The van der Waals surface area contributed by atoms with Crippen LogP contribution in [0, 0.1) is 6.92 Å². The molecule has 0 radical (unpaired) electrons. The van der Waals surface area contributed by atoms with Crippen molar-refractivity contribution in [2.24, 2.45) is 0 Å². The number of nitrogens with one attached hydrogen (secondary N) is 1. The maximum atomic E-state index is 11.1. The van der Waals surface area contributed by atoms with Crippen LogP contribution in [-0.2, 0) is 9.53 Å². The third-order valence-electron chi connectivity index (χ3n) is 1.58. The number of aryl methyl sites for hydroxylation is 1. The molecule has 0 aliphatic rings. The minimum Gasteiger partial charge on any atom is -0.375 e. The van der Waals surface area contributed by atoms with Gasteiger partial charge in [-0.2, -0.15) is 0 Å². The van der Waals surface area contributed by atoms with Crippen molar-refractivity contribution in [1.82, 2.24) is 0 Å². The molecule has 1 amide bonds. The molecule has 0 heterocycles. The Morgan fingerprint density at radius 3 is 2.92 bits per heavy atom. The van der Waals surface area contributed by atoms with E-state index in [-0.39, 0.29) is 12.5 Å². The topological polar surface area (TPSA) is 38.3 Å². The SMILES string of the molecule is COCC(=O)Nc1cccc(C)c1. The Balaban J connectivity index is 2.58. The fourth-order valence-corrected chi connectivity index (χ4v) is 1.05. The summed E-state index contributed by atoms with van der Waals surface area (Å²) in [6, 6.07) is 7.64. The summed E-state index contributed by atoms with van der Waals surface area (Å²) < 4.78 is 4.69. The van der Waals surface area contributed by atoms with E-state index in [2.05, 4.69) is 5.32 Å². The van der Waals surface area contributed by atoms with Gasteiger partial charge in [0.1, 0.15) is 6.61 Å². The zero-order chi connectivity index (χ0) is 9.68. The van der Waals surface area contributed by atoms with Crippen molar-refractivity contribution < 1.29 is 9.53 Å². The molecule has 0 bridgehead atoms. The summed E-state index contributed by atoms with van der Waals surface area (Å²) in [4.78, 5) is 11.1. The lowest BCUT2D eigenvalue weighted by Gasteiger charge is -2.04. The highest BCUT2D eigenvalue weighted by atomic mass is 16.5. The zero-order valence-corrected chi connectivity index (χ0v) is 7.83. The second-order valence-corrected chi connectivity index (χ2v) is 2.85. The molecule has 0 aromatic heterocycles. The van der Waals surface area contributed by atoms with Crippen LogP contribution in [0.5, 0.6) is 0 Å². The fourth-order valence-electron chi connectivity index (χ4n) is 1.05. The Morgan fingerprint density at radius 1 is 1.54 bits per heavy atom. The Hall–Kier alpha value is -1.35. The van der Waals surface area contributed by atoms with Gasteiger partial charge in [-0.05, 0) is 24.6 Å². The lowest BCUT2D eigenvalue weighted by molar-refractivity contribution is -0.119. The summed E-state index contributed by atoms with van der Waals surface area (Å²) in [6.45, 7) is 2.07. The maximum Gasteiger partial charge on any atom is 0.250 e. The third-order valence-corrected chi connectivity index (χ3v) is 1.58. The van der Waals surface area contributed by atoms with Gasteiger partial charge in [-0.25, -0.2) is 0 Å². The zero-order valence-electron chi connectivity index (χ0n) is 7.83. The summed E-state index contributed by atoms with van der Waals surface area (Å²) >= 11 is 0. The highest BCUT2D eigenvalue weighted by Gasteiger charge is 1.99. The van der Waals surface area contributed by atoms with E-state index in [0.717, 1.165) is 11.3 Å². The number of rotatable bonds is 3. The van der Waals surface area contributed by atoms with Gasteiger partial charge in [0.15, 0.2) is 0 Å². The van der Waals surface area contributed by atoms with E-state index in [1.807, 2.05) is 31.2 Å². The lowest BCUT2D eigenvalue weighted by atomic mass is 10.2. The van der Waals surface area contributed by atoms with Crippen LogP contribution in [0.1, 0.15) is 5.56 Å². The quantitative estimate of drug-likeness (QED) is 0.765. The second kappa shape index (κ2) is 4.62. The van der Waals surface area contributed by atoms with Gasteiger partial charge >= 0.3 is 0 Å². The molecule has 70 valence electrons. The molecular weight excluding hydrogens is 166 g/mol. The van der Waals surface area contributed by atoms with E-state index in [1.165, 1.54) is 7.11 Å². The van der Waals surface area contributed by atoms with Gasteiger partial charge in [0.25, 0.3) is 0 Å². The van der Waals surface area contributed by atoms with E-state index in [9.17, 15) is 4.79 Å². The first kappa shape index (κ1) is 9.74. The number of amides is 1. The van der Waals surface area contributed by atoms with Gasteiger partial charge in [0, 0.05) is 12.8 Å². The Bertz CT molecular complexity index is 297. The third kappa shape index (κ3) is 3.25. The standard InChI is InChI=1S/C10H13NO2/c1-8-4-3-5-9(6-8)11-10(12)7-13-2/h3-6H,7H2,1-2H3,(H,11,12). The summed E-state index contributed by atoms with van der Waals surface area (Å²) in [5.74, 6) is -0.131. The van der Waals surface area contributed by atoms with Crippen LogP contribution in [0.4, 0.5) is 5.69 Å². The molecule has 0 aliphatic heterocycles. The average molecular weight is 179 g/mol. The van der Waals surface area contributed by atoms with E-state index in [0.29, 0.717) is 0 Å². The molecule has 0 atom stereocenters. The molecule has 0 aliphatic carbocycles. The van der Waals surface area contributed by atoms with E-state index < -0.39 is 0 Å². The number of anilines is 1. The maximum absolute atomic E-state index is 11.1. The van der Waals surface area contributed by atoms with Crippen molar-refractivity contribution in [3.63, 3.8) is 0 Å². The molecule has 0 unspecified atom stereocenters. The van der Waals surface area contributed by atoms with Crippen LogP contribution in [-0.4, -0.2) is 19.6 Å². The van der Waals surface area contributed by atoms with Crippen molar-refractivity contribution in [1.29, 1.82) is 0 Å². The van der Waals surface area contributed by atoms with Crippen molar-refractivity contribution in [3.8, 4) is 0 Å². The van der Waals surface area contributed by atoms with E-state index >= 15 is 0 Å². The number of methoxy groups -OCH3 is 1. The molecule has 3 heteroatoms. The summed E-state index contributed by atoms with van der Waals surface area (Å²) in [5, 5.41) is 2.72. The van der Waals surface area contributed by atoms with E-state index in [1.54, 1.807) is 0 Å². The summed E-state index contributed by atoms with van der Waals surface area (Å²) in [5.41, 5.74) is 1.93. The van der Waals surface area contributed by atoms with Gasteiger partial charge in [-0.15, -0.1) is 0 Å². The Morgan fingerprint density at radius 2 is 2.31 bits per heavy atom. The molecule has 3 nitrogen and oxygen atoms in total. The first-order valence-electron chi connectivity index (χ1n) is 4.08. The molecule has 1 N–H and O–H groups in total. The van der Waals surface area contributed by atoms with Gasteiger partial charge in [-0.1, -0.05) is 12.1 Å². The predicted octanol–water partition coefficient (Wildman–Crippen LogP) is 1.58. The Kier molecular flexibility index (Phi) is 3.46. The molecule has 0 spiro atoms. The molecule has 1 rings (SSSR count). The smallest absolute Gasteiger partial charge is 0.250 e. The minimum absolute atomic E-state index is 0.0912. The normalized spacial score (nSPS) is 9.69. The molecule has 13 heavy (non-hydrogen) atoms. The van der Waals surface area contributed by atoms with Crippen LogP contribution in [0.3, 0.4) is 0 Å². The highest BCUT2D eigenvalue weighted by molar-refractivity contribution is 5.91. The van der Waals surface area contributed by atoms with Crippen molar-refractivity contribution in [2.45, 2.75) is 6.92 Å². The van der Waals surface area contributed by atoms with Crippen LogP contribution < -0.4 is 5.32 Å². The predicted molar refractivity (Wildman–Crippen MR) is 51.7 cm³/mol. The number of carbonyl (C=O) groups is 1. The minimum atomic E-state index is -0.131. The number of benzene rings is 1. The summed E-state index contributed by atoms with van der Waals surface area (Å²) in [7, 11) is 1.50. The van der Waals surface area contributed by atoms with Crippen molar-refractivity contribution in [3.05, 3.63) is 29.8 Å². The van der Waals surface area contributed by atoms with Crippen LogP contribution in [0.15, 0.2) is 24.3 Å². The molecule has 1 aromatic rings. The molecular formula is C10H13NO2. The van der Waals surface area contributed by atoms with Crippen LogP contribution >= 0.6 is 0 Å². The van der Waals surface area contributed by atoms with Gasteiger partial charge in [0.05, 0.1) is 0 Å². The molecule has 0 saturated carbocycles. The Labute approximate surface area is 77.7 Å². The fraction of sp³-hybridized carbons (Fsp3) is 0.300. The molecule has 1 aromatic carbocycles. The monoisotopic (exact) mass is 179 g/mol. The first-order valence-corrected chi connectivity index (χ1v) is 4.08. The van der Waals surface area contributed by atoms with Crippen LogP contribution in [0.2, 0.25) is 0 Å². The largest absolute Gasteiger partial charge is 0.375 e. The second-order valence-electron chi connectivity index (χ2n) is 2.85. The van der Waals surface area contributed by atoms with Crippen molar-refractivity contribution in [2.75, 3.05) is 19.0 Å². The van der Waals surface area contributed by atoms with Gasteiger partial charge in [0.2, 0.25) is 5.91 Å². The number of hydrogen-bond donors (Lipinski definition) is 1. The average Bonchev–Trinajstić information content (AvgIpc) is 2.04. The molecule has 0 saturated heterocycles. The van der Waals surface area contributed by atoms with E-state index in [4.69, 9.17) is 4.74 Å². The molecule has 0 fully saturated rings. The highest BCUT2D eigenvalue weighted by Crippen LogP contribution is 2.08. The number of hydrogen-bond acceptors (Lipinski definition) is 2. The number of ether oxygens (including phenoxy) is 1. The van der Waals surface area contributed by atoms with Crippen LogP contribution in [0.25, 0.3) is 0 Å². The first-order chi connectivity index (χ1) is 6.22. The summed E-state index contributed by atoms with van der Waals surface area (Å²) in [6.07, 6.45) is 0.